The molecule has 0 spiro atoms. The number of morpholine rings is 1. The first-order valence-electron chi connectivity index (χ1n) is 6.05. The largest absolute Gasteiger partial charge is 0.394 e. The van der Waals surface area contributed by atoms with E-state index in [2.05, 4.69) is 17.0 Å². The van der Waals surface area contributed by atoms with Gasteiger partial charge in [-0.2, -0.15) is 0 Å². The van der Waals surface area contributed by atoms with Crippen molar-refractivity contribution < 1.29 is 9.84 Å². The second-order valence-electron chi connectivity index (χ2n) is 4.38. The fraction of sp³-hybridized carbons (Fsp3) is 0.538. The Kier molecular flexibility index (Phi) is 4.50. The second-order valence-corrected chi connectivity index (χ2v) is 4.38. The van der Waals surface area contributed by atoms with E-state index in [4.69, 9.17) is 15.6 Å². The van der Waals surface area contributed by atoms with Crippen LogP contribution in [0.5, 0.6) is 0 Å². The van der Waals surface area contributed by atoms with Crippen LogP contribution < -0.4 is 5.73 Å². The average Bonchev–Trinajstić information content (AvgIpc) is 2.39. The van der Waals surface area contributed by atoms with E-state index >= 15 is 0 Å². The minimum atomic E-state index is -0.0474. The molecule has 3 N–H and O–H groups in total. The van der Waals surface area contributed by atoms with Crippen LogP contribution in [0.2, 0.25) is 0 Å². The number of nitrogens with two attached hydrogens (primary N) is 1. The Balaban J connectivity index is 2.00. The fourth-order valence-corrected chi connectivity index (χ4v) is 2.19. The smallest absolute Gasteiger partial charge is 0.0933 e. The molecule has 4 heteroatoms. The Bertz CT molecular complexity index is 357. The Hall–Kier alpha value is -0.940. The fourth-order valence-electron chi connectivity index (χ4n) is 2.19. The van der Waals surface area contributed by atoms with Crippen molar-refractivity contribution in [1.82, 2.24) is 4.90 Å². The molecule has 1 aliphatic heterocycles. The molecule has 94 valence electrons. The first kappa shape index (κ1) is 12.5. The second kappa shape index (κ2) is 6.12. The van der Waals surface area contributed by atoms with Gasteiger partial charge in [-0.15, -0.1) is 0 Å². The summed E-state index contributed by atoms with van der Waals surface area (Å²) in [5, 5.41) is 9.10. The Morgan fingerprint density at radius 3 is 2.82 bits per heavy atom. The Morgan fingerprint density at radius 1 is 1.35 bits per heavy atom. The van der Waals surface area contributed by atoms with Crippen LogP contribution in [-0.4, -0.2) is 42.4 Å². The molecule has 2 rings (SSSR count). The van der Waals surface area contributed by atoms with Gasteiger partial charge in [-0.1, -0.05) is 24.3 Å². The SMILES string of the molecule is NCc1ccccc1CN1CCOC(CO)C1. The zero-order valence-electron chi connectivity index (χ0n) is 10.0. The molecule has 1 heterocycles. The summed E-state index contributed by atoms with van der Waals surface area (Å²) in [5.74, 6) is 0. The Morgan fingerprint density at radius 2 is 2.12 bits per heavy atom. The van der Waals surface area contributed by atoms with Crippen molar-refractivity contribution in [3.8, 4) is 0 Å². The van der Waals surface area contributed by atoms with Crippen LogP contribution in [0.3, 0.4) is 0 Å². The molecule has 0 bridgehead atoms. The summed E-state index contributed by atoms with van der Waals surface area (Å²) in [6.07, 6.45) is -0.0474. The first-order valence-corrected chi connectivity index (χ1v) is 6.05. The van der Waals surface area contributed by atoms with Crippen molar-refractivity contribution in [3.05, 3.63) is 35.4 Å². The van der Waals surface area contributed by atoms with Gasteiger partial charge >= 0.3 is 0 Å². The van der Waals surface area contributed by atoms with Gasteiger partial charge in [-0.25, -0.2) is 0 Å². The highest BCUT2D eigenvalue weighted by Gasteiger charge is 2.20. The lowest BCUT2D eigenvalue weighted by Crippen LogP contribution is -2.43. The summed E-state index contributed by atoms with van der Waals surface area (Å²) >= 11 is 0. The minimum Gasteiger partial charge on any atom is -0.394 e. The van der Waals surface area contributed by atoms with Gasteiger partial charge in [0.05, 0.1) is 19.3 Å². The lowest BCUT2D eigenvalue weighted by molar-refractivity contribution is -0.0551. The number of ether oxygens (including phenoxy) is 1. The van der Waals surface area contributed by atoms with E-state index in [1.54, 1.807) is 0 Å². The topological polar surface area (TPSA) is 58.7 Å². The molecule has 1 saturated heterocycles. The van der Waals surface area contributed by atoms with Gasteiger partial charge in [0.2, 0.25) is 0 Å². The molecule has 4 nitrogen and oxygen atoms in total. The molecule has 1 unspecified atom stereocenters. The summed E-state index contributed by atoms with van der Waals surface area (Å²) in [7, 11) is 0. The van der Waals surface area contributed by atoms with E-state index in [-0.39, 0.29) is 12.7 Å². The monoisotopic (exact) mass is 236 g/mol. The number of aliphatic hydroxyl groups excluding tert-OH is 1. The van der Waals surface area contributed by atoms with Gasteiger partial charge in [0.1, 0.15) is 0 Å². The zero-order valence-corrected chi connectivity index (χ0v) is 10.0. The van der Waals surface area contributed by atoms with Crippen LogP contribution in [0.1, 0.15) is 11.1 Å². The van der Waals surface area contributed by atoms with Gasteiger partial charge < -0.3 is 15.6 Å². The molecule has 1 aliphatic rings. The van der Waals surface area contributed by atoms with Crippen LogP contribution in [-0.2, 0) is 17.8 Å². The Labute approximate surface area is 102 Å². The van der Waals surface area contributed by atoms with Crippen molar-refractivity contribution in [2.24, 2.45) is 5.73 Å². The number of benzene rings is 1. The maximum Gasteiger partial charge on any atom is 0.0933 e. The van der Waals surface area contributed by atoms with Gasteiger partial charge in [-0.3, -0.25) is 4.90 Å². The number of rotatable bonds is 4. The van der Waals surface area contributed by atoms with Crippen LogP contribution in [0.25, 0.3) is 0 Å². The van der Waals surface area contributed by atoms with Gasteiger partial charge in [0.15, 0.2) is 0 Å². The van der Waals surface area contributed by atoms with Crippen LogP contribution >= 0.6 is 0 Å². The highest BCUT2D eigenvalue weighted by molar-refractivity contribution is 5.26. The summed E-state index contributed by atoms with van der Waals surface area (Å²) < 4.78 is 5.44. The lowest BCUT2D eigenvalue weighted by Gasteiger charge is -2.32. The third kappa shape index (κ3) is 3.26. The lowest BCUT2D eigenvalue weighted by atomic mass is 10.1. The molecular weight excluding hydrogens is 216 g/mol. The molecule has 0 radical (unpaired) electrons. The number of nitrogens with zero attached hydrogens (tertiary/aromatic N) is 1. The van der Waals surface area contributed by atoms with Crippen molar-refractivity contribution in [1.29, 1.82) is 0 Å². The maximum absolute atomic E-state index is 9.10. The summed E-state index contributed by atoms with van der Waals surface area (Å²) in [4.78, 5) is 2.30. The van der Waals surface area contributed by atoms with Crippen LogP contribution in [0.4, 0.5) is 0 Å². The third-order valence-electron chi connectivity index (χ3n) is 3.16. The predicted octanol–water partition coefficient (Wildman–Crippen LogP) is 0.338. The van der Waals surface area contributed by atoms with Gasteiger partial charge in [-0.05, 0) is 11.1 Å². The number of hydrogen-bond acceptors (Lipinski definition) is 4. The summed E-state index contributed by atoms with van der Waals surface area (Å²) in [6.45, 7) is 3.94. The normalized spacial score (nSPS) is 21.6. The van der Waals surface area contributed by atoms with E-state index in [9.17, 15) is 0 Å². The van der Waals surface area contributed by atoms with Gasteiger partial charge in [0, 0.05) is 26.2 Å². The first-order chi connectivity index (χ1) is 8.33. The zero-order chi connectivity index (χ0) is 12.1. The predicted molar refractivity (Wildman–Crippen MR) is 66.4 cm³/mol. The van der Waals surface area contributed by atoms with Crippen LogP contribution in [0, 0.1) is 0 Å². The quantitative estimate of drug-likeness (QED) is 0.791. The molecule has 1 aromatic carbocycles. The molecule has 0 saturated carbocycles. The molecule has 1 atom stereocenters. The van der Waals surface area contributed by atoms with Crippen LogP contribution in [0.15, 0.2) is 24.3 Å². The third-order valence-corrected chi connectivity index (χ3v) is 3.16. The van der Waals surface area contributed by atoms with Crippen molar-refractivity contribution in [2.75, 3.05) is 26.3 Å². The highest BCUT2D eigenvalue weighted by atomic mass is 16.5. The number of hydrogen-bond donors (Lipinski definition) is 2. The molecule has 1 aromatic rings. The summed E-state index contributed by atoms with van der Waals surface area (Å²) in [5.41, 5.74) is 8.19. The van der Waals surface area contributed by atoms with E-state index in [1.807, 2.05) is 12.1 Å². The van der Waals surface area contributed by atoms with E-state index < -0.39 is 0 Å². The van der Waals surface area contributed by atoms with Crippen molar-refractivity contribution >= 4 is 0 Å². The molecule has 0 amide bonds. The maximum atomic E-state index is 9.10. The van der Waals surface area contributed by atoms with Gasteiger partial charge in [0.25, 0.3) is 0 Å². The minimum absolute atomic E-state index is 0.0474. The standard InChI is InChI=1S/C13H20N2O2/c14-7-11-3-1-2-4-12(11)8-15-5-6-17-13(9-15)10-16/h1-4,13,16H,5-10,14H2. The molecule has 17 heavy (non-hydrogen) atoms. The number of aliphatic hydroxyl groups is 1. The average molecular weight is 236 g/mol. The molecular formula is C13H20N2O2. The van der Waals surface area contributed by atoms with E-state index in [0.29, 0.717) is 13.2 Å². The molecule has 1 fully saturated rings. The van der Waals surface area contributed by atoms with E-state index in [1.165, 1.54) is 11.1 Å². The molecule has 0 aliphatic carbocycles. The summed E-state index contributed by atoms with van der Waals surface area (Å²) in [6, 6.07) is 8.24. The molecule has 0 aromatic heterocycles. The highest BCUT2D eigenvalue weighted by Crippen LogP contribution is 2.14. The van der Waals surface area contributed by atoms with Crippen molar-refractivity contribution in [2.45, 2.75) is 19.2 Å². The van der Waals surface area contributed by atoms with Crippen molar-refractivity contribution in [3.63, 3.8) is 0 Å². The van der Waals surface area contributed by atoms with E-state index in [0.717, 1.165) is 19.6 Å².